The SMILES string of the molecule is OC1CCC(c2ccc3cccnc3c2)C1. The summed E-state index contributed by atoms with van der Waals surface area (Å²) in [5.74, 6) is 0.515. The van der Waals surface area contributed by atoms with E-state index in [0.717, 1.165) is 24.8 Å². The van der Waals surface area contributed by atoms with Crippen molar-refractivity contribution in [3.8, 4) is 0 Å². The highest BCUT2D eigenvalue weighted by atomic mass is 16.3. The van der Waals surface area contributed by atoms with Crippen LogP contribution in [0.5, 0.6) is 0 Å². The Morgan fingerprint density at radius 3 is 2.94 bits per heavy atom. The lowest BCUT2D eigenvalue weighted by molar-refractivity contribution is 0.181. The molecule has 2 aromatic rings. The van der Waals surface area contributed by atoms with Gasteiger partial charge in [-0.1, -0.05) is 18.2 Å². The maximum Gasteiger partial charge on any atom is 0.0704 e. The molecule has 16 heavy (non-hydrogen) atoms. The number of nitrogens with zero attached hydrogens (tertiary/aromatic N) is 1. The molecule has 82 valence electrons. The van der Waals surface area contributed by atoms with E-state index in [4.69, 9.17) is 0 Å². The van der Waals surface area contributed by atoms with Crippen LogP contribution < -0.4 is 0 Å². The molecule has 1 heterocycles. The Labute approximate surface area is 94.9 Å². The minimum Gasteiger partial charge on any atom is -0.393 e. The number of rotatable bonds is 1. The van der Waals surface area contributed by atoms with E-state index in [1.807, 2.05) is 12.3 Å². The van der Waals surface area contributed by atoms with Gasteiger partial charge in [0.2, 0.25) is 0 Å². The van der Waals surface area contributed by atoms with E-state index in [0.29, 0.717) is 5.92 Å². The average molecular weight is 213 g/mol. The third-order valence-corrected chi connectivity index (χ3v) is 3.51. The van der Waals surface area contributed by atoms with Gasteiger partial charge in [0.1, 0.15) is 0 Å². The first-order valence-corrected chi connectivity index (χ1v) is 5.86. The van der Waals surface area contributed by atoms with Crippen LogP contribution in [0.25, 0.3) is 10.9 Å². The maximum atomic E-state index is 9.56. The van der Waals surface area contributed by atoms with E-state index in [-0.39, 0.29) is 6.10 Å². The number of hydrogen-bond acceptors (Lipinski definition) is 2. The smallest absolute Gasteiger partial charge is 0.0704 e. The average Bonchev–Trinajstić information content (AvgIpc) is 2.75. The van der Waals surface area contributed by atoms with Gasteiger partial charge in [0.05, 0.1) is 11.6 Å². The van der Waals surface area contributed by atoms with Crippen molar-refractivity contribution in [1.82, 2.24) is 4.98 Å². The molecule has 1 aromatic heterocycles. The Bertz CT molecular complexity index is 509. The fourth-order valence-electron chi connectivity index (χ4n) is 2.60. The van der Waals surface area contributed by atoms with Crippen molar-refractivity contribution in [3.05, 3.63) is 42.1 Å². The van der Waals surface area contributed by atoms with Crippen molar-refractivity contribution < 1.29 is 5.11 Å². The Kier molecular flexibility index (Phi) is 2.37. The minimum absolute atomic E-state index is 0.107. The largest absolute Gasteiger partial charge is 0.393 e. The predicted molar refractivity (Wildman–Crippen MR) is 64.3 cm³/mol. The van der Waals surface area contributed by atoms with Crippen molar-refractivity contribution in [2.75, 3.05) is 0 Å². The number of hydrogen-bond donors (Lipinski definition) is 1. The van der Waals surface area contributed by atoms with Crippen LogP contribution >= 0.6 is 0 Å². The number of pyridine rings is 1. The molecular formula is C14H15NO. The van der Waals surface area contributed by atoms with Gasteiger partial charge >= 0.3 is 0 Å². The summed E-state index contributed by atoms with van der Waals surface area (Å²) >= 11 is 0. The molecule has 3 rings (SSSR count). The van der Waals surface area contributed by atoms with E-state index >= 15 is 0 Å². The van der Waals surface area contributed by atoms with Crippen molar-refractivity contribution in [2.45, 2.75) is 31.3 Å². The summed E-state index contributed by atoms with van der Waals surface area (Å²) < 4.78 is 0. The van der Waals surface area contributed by atoms with Crippen LogP contribution in [0.2, 0.25) is 0 Å². The van der Waals surface area contributed by atoms with Crippen molar-refractivity contribution >= 4 is 10.9 Å². The summed E-state index contributed by atoms with van der Waals surface area (Å²) in [6.45, 7) is 0. The summed E-state index contributed by atoms with van der Waals surface area (Å²) in [5, 5.41) is 10.7. The van der Waals surface area contributed by atoms with Crippen LogP contribution in [0.15, 0.2) is 36.5 Å². The Morgan fingerprint density at radius 2 is 2.12 bits per heavy atom. The zero-order valence-electron chi connectivity index (χ0n) is 9.13. The number of benzene rings is 1. The zero-order chi connectivity index (χ0) is 11.0. The van der Waals surface area contributed by atoms with Crippen LogP contribution in [0.4, 0.5) is 0 Å². The molecule has 1 aromatic carbocycles. The predicted octanol–water partition coefficient (Wildman–Crippen LogP) is 2.86. The van der Waals surface area contributed by atoms with Gasteiger partial charge in [0, 0.05) is 11.6 Å². The van der Waals surface area contributed by atoms with Gasteiger partial charge in [-0.25, -0.2) is 0 Å². The Hall–Kier alpha value is -1.41. The van der Waals surface area contributed by atoms with Gasteiger partial charge in [-0.05, 0) is 42.9 Å². The number of fused-ring (bicyclic) bond motifs is 1. The lowest BCUT2D eigenvalue weighted by Crippen LogP contribution is -1.99. The van der Waals surface area contributed by atoms with E-state index in [2.05, 4.69) is 29.2 Å². The summed E-state index contributed by atoms with van der Waals surface area (Å²) in [5.41, 5.74) is 2.38. The summed E-state index contributed by atoms with van der Waals surface area (Å²) in [7, 11) is 0. The monoisotopic (exact) mass is 213 g/mol. The molecule has 2 heteroatoms. The van der Waals surface area contributed by atoms with Crippen LogP contribution in [0, 0.1) is 0 Å². The normalized spacial score (nSPS) is 25.1. The zero-order valence-corrected chi connectivity index (χ0v) is 9.13. The fourth-order valence-corrected chi connectivity index (χ4v) is 2.60. The van der Waals surface area contributed by atoms with Gasteiger partial charge in [-0.3, -0.25) is 4.98 Å². The van der Waals surface area contributed by atoms with Gasteiger partial charge in [0.15, 0.2) is 0 Å². The minimum atomic E-state index is -0.107. The molecule has 0 spiro atoms. The maximum absolute atomic E-state index is 9.56. The van der Waals surface area contributed by atoms with Gasteiger partial charge in [-0.2, -0.15) is 0 Å². The third kappa shape index (κ3) is 1.69. The highest BCUT2D eigenvalue weighted by Gasteiger charge is 2.24. The number of aliphatic hydroxyl groups excluding tert-OH is 1. The van der Waals surface area contributed by atoms with E-state index < -0.39 is 0 Å². The second kappa shape index (κ2) is 3.87. The lowest BCUT2D eigenvalue weighted by Gasteiger charge is -2.10. The molecule has 1 N–H and O–H groups in total. The summed E-state index contributed by atoms with van der Waals surface area (Å²) in [6, 6.07) is 10.5. The molecule has 2 unspecified atom stereocenters. The molecule has 1 fully saturated rings. The molecule has 1 aliphatic carbocycles. The van der Waals surface area contributed by atoms with Gasteiger partial charge in [-0.15, -0.1) is 0 Å². The second-order valence-corrected chi connectivity index (χ2v) is 4.62. The first kappa shape index (κ1) is 9.79. The van der Waals surface area contributed by atoms with E-state index in [1.54, 1.807) is 0 Å². The van der Waals surface area contributed by atoms with Crippen LogP contribution in [0.1, 0.15) is 30.7 Å². The highest BCUT2D eigenvalue weighted by molar-refractivity contribution is 5.79. The fraction of sp³-hybridized carbons (Fsp3) is 0.357. The molecule has 0 bridgehead atoms. The molecule has 0 saturated heterocycles. The van der Waals surface area contributed by atoms with Crippen LogP contribution in [-0.2, 0) is 0 Å². The standard InChI is InChI=1S/C14H15NO/c16-13-6-5-11(8-13)12-4-3-10-2-1-7-15-14(10)9-12/h1-4,7,9,11,13,16H,5-6,8H2. The Morgan fingerprint density at radius 1 is 1.19 bits per heavy atom. The molecule has 2 nitrogen and oxygen atoms in total. The highest BCUT2D eigenvalue weighted by Crippen LogP contribution is 2.35. The van der Waals surface area contributed by atoms with Crippen LogP contribution in [-0.4, -0.2) is 16.2 Å². The molecular weight excluding hydrogens is 198 g/mol. The molecule has 0 radical (unpaired) electrons. The van der Waals surface area contributed by atoms with E-state index in [1.165, 1.54) is 10.9 Å². The topological polar surface area (TPSA) is 33.1 Å². The summed E-state index contributed by atoms with van der Waals surface area (Å²) in [6.07, 6.45) is 4.66. The number of aliphatic hydroxyl groups is 1. The Balaban J connectivity index is 1.99. The van der Waals surface area contributed by atoms with Gasteiger partial charge < -0.3 is 5.11 Å². The molecule has 2 atom stereocenters. The molecule has 0 aliphatic heterocycles. The van der Waals surface area contributed by atoms with Crippen LogP contribution in [0.3, 0.4) is 0 Å². The van der Waals surface area contributed by atoms with Crippen molar-refractivity contribution in [3.63, 3.8) is 0 Å². The van der Waals surface area contributed by atoms with Crippen molar-refractivity contribution in [1.29, 1.82) is 0 Å². The lowest BCUT2D eigenvalue weighted by atomic mass is 9.96. The first-order chi connectivity index (χ1) is 7.83. The molecule has 0 amide bonds. The van der Waals surface area contributed by atoms with E-state index in [9.17, 15) is 5.11 Å². The quantitative estimate of drug-likeness (QED) is 0.790. The first-order valence-electron chi connectivity index (χ1n) is 5.86. The van der Waals surface area contributed by atoms with Gasteiger partial charge in [0.25, 0.3) is 0 Å². The second-order valence-electron chi connectivity index (χ2n) is 4.62. The molecule has 1 aliphatic rings. The van der Waals surface area contributed by atoms with Crippen molar-refractivity contribution in [2.24, 2.45) is 0 Å². The summed E-state index contributed by atoms with van der Waals surface area (Å²) in [4.78, 5) is 4.37. The number of aromatic nitrogens is 1. The third-order valence-electron chi connectivity index (χ3n) is 3.51. The molecule has 1 saturated carbocycles.